The fraction of sp³-hybridized carbons (Fsp3) is 0. The Labute approximate surface area is 186 Å². The van der Waals surface area contributed by atoms with E-state index in [0.29, 0.717) is 0 Å². The van der Waals surface area contributed by atoms with E-state index in [-0.39, 0.29) is 31.1 Å². The molecular weight excluding hydrogens is 448 g/mol. The van der Waals surface area contributed by atoms with Crippen molar-refractivity contribution >= 4 is 19.7 Å². The van der Waals surface area contributed by atoms with Crippen molar-refractivity contribution in [2.75, 3.05) is 0 Å². The second-order valence-corrected chi connectivity index (χ2v) is 10.6. The third-order valence-electron chi connectivity index (χ3n) is 4.61. The van der Waals surface area contributed by atoms with Crippen molar-refractivity contribution < 1.29 is 26.6 Å². The van der Waals surface area contributed by atoms with Crippen LogP contribution >= 0.6 is 0 Å². The first-order valence-electron chi connectivity index (χ1n) is 9.52. The number of hydrogen-bond acceptors (Lipinski definition) is 6. The highest BCUT2D eigenvalue weighted by atomic mass is 32.2. The van der Waals surface area contributed by atoms with Gasteiger partial charge in [0, 0.05) is 0 Å². The molecule has 32 heavy (non-hydrogen) atoms. The Kier molecular flexibility index (Phi) is 5.98. The van der Waals surface area contributed by atoms with E-state index in [1.54, 1.807) is 36.4 Å². The molecule has 0 saturated heterocycles. The summed E-state index contributed by atoms with van der Waals surface area (Å²) in [6.07, 6.45) is 0. The molecule has 4 aromatic rings. The van der Waals surface area contributed by atoms with Crippen LogP contribution in [0.2, 0.25) is 0 Å². The van der Waals surface area contributed by atoms with Gasteiger partial charge in [0.2, 0.25) is 19.7 Å². The Morgan fingerprint density at radius 3 is 0.969 bits per heavy atom. The Bertz CT molecular complexity index is 1280. The van der Waals surface area contributed by atoms with E-state index in [1.165, 1.54) is 72.8 Å². The van der Waals surface area contributed by atoms with E-state index in [4.69, 9.17) is 9.78 Å². The normalized spacial score (nSPS) is 11.6. The third-order valence-corrected chi connectivity index (χ3v) is 8.18. The van der Waals surface area contributed by atoms with Crippen molar-refractivity contribution in [3.63, 3.8) is 0 Å². The van der Waals surface area contributed by atoms with Crippen molar-refractivity contribution in [3.8, 4) is 11.5 Å². The molecule has 4 rings (SSSR count). The zero-order valence-electron chi connectivity index (χ0n) is 16.7. The molecule has 0 atom stereocenters. The molecule has 8 heteroatoms. The number of sulfone groups is 2. The van der Waals surface area contributed by atoms with Crippen LogP contribution in [-0.4, -0.2) is 16.8 Å². The van der Waals surface area contributed by atoms with Crippen LogP contribution in [0, 0.1) is 0 Å². The summed E-state index contributed by atoms with van der Waals surface area (Å²) in [6, 6.07) is 27.9. The van der Waals surface area contributed by atoms with E-state index in [9.17, 15) is 16.8 Å². The van der Waals surface area contributed by atoms with Crippen LogP contribution < -0.4 is 9.78 Å². The minimum absolute atomic E-state index is 0.131. The monoisotopic (exact) mass is 466 g/mol. The first kappa shape index (κ1) is 21.6. The van der Waals surface area contributed by atoms with Crippen molar-refractivity contribution in [3.05, 3.63) is 109 Å². The summed E-state index contributed by atoms with van der Waals surface area (Å²) >= 11 is 0. The summed E-state index contributed by atoms with van der Waals surface area (Å²) in [7, 11) is -7.24. The van der Waals surface area contributed by atoms with E-state index >= 15 is 0 Å². The molecule has 0 N–H and O–H groups in total. The predicted octanol–water partition coefficient (Wildman–Crippen LogP) is 4.73. The smallest absolute Gasteiger partial charge is 0.206 e. The SMILES string of the molecule is O=S(=O)(c1ccccc1)c1ccc(OOc2ccc(S(=O)(=O)c3ccccc3)cc2)cc1. The Morgan fingerprint density at radius 2 is 0.656 bits per heavy atom. The topological polar surface area (TPSA) is 86.7 Å². The molecule has 0 saturated carbocycles. The quantitative estimate of drug-likeness (QED) is 0.289. The highest BCUT2D eigenvalue weighted by Crippen LogP contribution is 2.25. The molecule has 0 radical (unpaired) electrons. The predicted molar refractivity (Wildman–Crippen MR) is 118 cm³/mol. The lowest BCUT2D eigenvalue weighted by Gasteiger charge is -2.09. The minimum Gasteiger partial charge on any atom is -0.290 e. The first-order chi connectivity index (χ1) is 15.4. The van der Waals surface area contributed by atoms with Gasteiger partial charge in [-0.3, -0.25) is 9.78 Å². The Balaban J connectivity index is 1.43. The van der Waals surface area contributed by atoms with Crippen LogP contribution in [0.15, 0.2) is 129 Å². The molecule has 0 bridgehead atoms. The molecule has 0 aliphatic rings. The molecule has 0 heterocycles. The lowest BCUT2D eigenvalue weighted by Crippen LogP contribution is -2.04. The summed E-state index contributed by atoms with van der Waals surface area (Å²) in [5.74, 6) is 0.580. The average Bonchev–Trinajstić information content (AvgIpc) is 2.84. The zero-order valence-corrected chi connectivity index (χ0v) is 18.3. The first-order valence-corrected chi connectivity index (χ1v) is 12.5. The summed E-state index contributed by atoms with van der Waals surface area (Å²) < 4.78 is 50.5. The van der Waals surface area contributed by atoms with E-state index in [0.717, 1.165) is 0 Å². The van der Waals surface area contributed by atoms with Gasteiger partial charge in [-0.25, -0.2) is 16.8 Å². The molecule has 0 spiro atoms. The van der Waals surface area contributed by atoms with Gasteiger partial charge < -0.3 is 0 Å². The summed E-state index contributed by atoms with van der Waals surface area (Å²) in [4.78, 5) is 11.1. The van der Waals surface area contributed by atoms with Crippen LogP contribution in [-0.2, 0) is 19.7 Å². The number of hydrogen-bond donors (Lipinski definition) is 0. The molecular formula is C24H18O6S2. The Morgan fingerprint density at radius 1 is 0.375 bits per heavy atom. The summed E-state index contributed by atoms with van der Waals surface area (Å²) in [5.41, 5.74) is 0. The lowest BCUT2D eigenvalue weighted by molar-refractivity contribution is -0.1000. The van der Waals surface area contributed by atoms with Gasteiger partial charge in [0.15, 0.2) is 11.5 Å². The molecule has 0 aliphatic carbocycles. The van der Waals surface area contributed by atoms with Crippen LogP contribution in [0.25, 0.3) is 0 Å². The van der Waals surface area contributed by atoms with E-state index in [1.807, 2.05) is 0 Å². The molecule has 0 aliphatic heterocycles. The lowest BCUT2D eigenvalue weighted by atomic mass is 10.3. The van der Waals surface area contributed by atoms with Gasteiger partial charge in [0.25, 0.3) is 0 Å². The maximum absolute atomic E-state index is 12.6. The Hall–Kier alpha value is -3.62. The standard InChI is InChI=1S/C24H18O6S2/c25-31(26,21-7-3-1-4-8-21)23-15-11-19(12-16-23)29-30-20-13-17-24(18-14-20)32(27,28)22-9-5-2-6-10-22/h1-18H. The summed E-state index contributed by atoms with van der Waals surface area (Å²) in [6.45, 7) is 0. The van der Waals surface area contributed by atoms with Gasteiger partial charge in [-0.15, -0.1) is 0 Å². The van der Waals surface area contributed by atoms with Crippen LogP contribution in [0.1, 0.15) is 0 Å². The molecule has 162 valence electrons. The van der Waals surface area contributed by atoms with Crippen molar-refractivity contribution in [2.45, 2.75) is 19.6 Å². The fourth-order valence-corrected chi connectivity index (χ4v) is 5.48. The summed E-state index contributed by atoms with van der Waals surface area (Å²) in [5, 5.41) is 0. The van der Waals surface area contributed by atoms with Crippen LogP contribution in [0.4, 0.5) is 0 Å². The van der Waals surface area contributed by atoms with Crippen molar-refractivity contribution in [2.24, 2.45) is 0 Å². The van der Waals surface area contributed by atoms with Gasteiger partial charge in [0.05, 0.1) is 19.6 Å². The van der Waals surface area contributed by atoms with Gasteiger partial charge in [0.1, 0.15) is 0 Å². The largest absolute Gasteiger partial charge is 0.290 e. The van der Waals surface area contributed by atoms with Gasteiger partial charge >= 0.3 is 0 Å². The van der Waals surface area contributed by atoms with Crippen LogP contribution in [0.5, 0.6) is 11.5 Å². The average molecular weight is 467 g/mol. The maximum Gasteiger partial charge on any atom is 0.206 e. The highest BCUT2D eigenvalue weighted by Gasteiger charge is 2.18. The van der Waals surface area contributed by atoms with Gasteiger partial charge in [-0.1, -0.05) is 36.4 Å². The fourth-order valence-electron chi connectivity index (χ4n) is 2.92. The molecule has 0 amide bonds. The highest BCUT2D eigenvalue weighted by molar-refractivity contribution is 7.91. The maximum atomic E-state index is 12.6. The third kappa shape index (κ3) is 4.51. The van der Waals surface area contributed by atoms with Gasteiger partial charge in [-0.05, 0) is 72.8 Å². The minimum atomic E-state index is -3.62. The number of rotatable bonds is 7. The second kappa shape index (κ2) is 8.86. The van der Waals surface area contributed by atoms with E-state index < -0.39 is 19.7 Å². The molecule has 4 aromatic carbocycles. The van der Waals surface area contributed by atoms with E-state index in [2.05, 4.69) is 0 Å². The van der Waals surface area contributed by atoms with Crippen LogP contribution in [0.3, 0.4) is 0 Å². The molecule has 0 aromatic heterocycles. The van der Waals surface area contributed by atoms with Crippen molar-refractivity contribution in [1.82, 2.24) is 0 Å². The molecule has 0 unspecified atom stereocenters. The van der Waals surface area contributed by atoms with Crippen molar-refractivity contribution in [1.29, 1.82) is 0 Å². The second-order valence-electron chi connectivity index (χ2n) is 6.74. The molecule has 0 fully saturated rings. The zero-order chi connectivity index (χ0) is 22.6. The van der Waals surface area contributed by atoms with Gasteiger partial charge in [-0.2, -0.15) is 0 Å². The molecule has 6 nitrogen and oxygen atoms in total. The number of benzene rings is 4.